The molecule has 1 aliphatic heterocycles. The Morgan fingerprint density at radius 2 is 1.96 bits per heavy atom. The molecule has 0 unspecified atom stereocenters. The number of thioether (sulfide) groups is 1. The van der Waals surface area contributed by atoms with Crippen LogP contribution in [0, 0.1) is 0 Å². The van der Waals surface area contributed by atoms with Gasteiger partial charge in [0.15, 0.2) is 0 Å². The van der Waals surface area contributed by atoms with E-state index in [1.165, 1.54) is 11.8 Å². The van der Waals surface area contributed by atoms with Gasteiger partial charge < -0.3 is 15.4 Å². The molecule has 0 saturated heterocycles. The number of benzene rings is 2. The molecule has 0 aliphatic carbocycles. The quantitative estimate of drug-likeness (QED) is 0.846. The SMILES string of the molecule is COc1ccc(C(C)(C)C)cc1NC(=O)c1ccc2c(c1)NC(=O)CS2. The number of fused-ring (bicyclic) bond motifs is 1. The Bertz CT molecular complexity index is 872. The van der Waals surface area contributed by atoms with Crippen LogP contribution in [0.15, 0.2) is 41.3 Å². The van der Waals surface area contributed by atoms with Crippen LogP contribution in [0.1, 0.15) is 36.7 Å². The molecule has 1 heterocycles. The summed E-state index contributed by atoms with van der Waals surface area (Å²) in [6.07, 6.45) is 0. The van der Waals surface area contributed by atoms with Crippen molar-refractivity contribution < 1.29 is 14.3 Å². The van der Waals surface area contributed by atoms with E-state index in [4.69, 9.17) is 4.74 Å². The van der Waals surface area contributed by atoms with Gasteiger partial charge in [-0.3, -0.25) is 9.59 Å². The Morgan fingerprint density at radius 3 is 2.65 bits per heavy atom. The van der Waals surface area contributed by atoms with E-state index in [1.54, 1.807) is 19.2 Å². The van der Waals surface area contributed by atoms with E-state index in [2.05, 4.69) is 31.4 Å². The van der Waals surface area contributed by atoms with E-state index in [0.29, 0.717) is 28.4 Å². The van der Waals surface area contributed by atoms with Crippen molar-refractivity contribution in [2.24, 2.45) is 0 Å². The molecule has 0 bridgehead atoms. The van der Waals surface area contributed by atoms with Gasteiger partial charge in [0.2, 0.25) is 5.91 Å². The Hall–Kier alpha value is -2.47. The Morgan fingerprint density at radius 1 is 1.19 bits per heavy atom. The van der Waals surface area contributed by atoms with Crippen LogP contribution in [0.2, 0.25) is 0 Å². The third-order valence-electron chi connectivity index (χ3n) is 4.19. The maximum absolute atomic E-state index is 12.7. The van der Waals surface area contributed by atoms with Gasteiger partial charge in [0.05, 0.1) is 24.2 Å². The highest BCUT2D eigenvalue weighted by Crippen LogP contribution is 2.34. The van der Waals surface area contributed by atoms with Gasteiger partial charge in [-0.05, 0) is 41.3 Å². The number of nitrogens with one attached hydrogen (secondary N) is 2. The minimum atomic E-state index is -0.248. The van der Waals surface area contributed by atoms with Gasteiger partial charge in [-0.25, -0.2) is 0 Å². The van der Waals surface area contributed by atoms with E-state index >= 15 is 0 Å². The number of ether oxygens (including phenoxy) is 1. The molecule has 0 fully saturated rings. The average molecular weight is 370 g/mol. The summed E-state index contributed by atoms with van der Waals surface area (Å²) in [5, 5.41) is 5.73. The summed E-state index contributed by atoms with van der Waals surface area (Å²) >= 11 is 1.47. The van der Waals surface area contributed by atoms with E-state index < -0.39 is 0 Å². The third kappa shape index (κ3) is 3.85. The highest BCUT2D eigenvalue weighted by Gasteiger charge is 2.20. The molecule has 2 amide bonds. The molecule has 136 valence electrons. The summed E-state index contributed by atoms with van der Waals surface area (Å²) in [5.41, 5.74) is 2.84. The number of rotatable bonds is 3. The normalized spacial score (nSPS) is 13.6. The summed E-state index contributed by atoms with van der Waals surface area (Å²) in [5.74, 6) is 0.699. The lowest BCUT2D eigenvalue weighted by Gasteiger charge is -2.21. The van der Waals surface area contributed by atoms with Crippen molar-refractivity contribution in [1.29, 1.82) is 0 Å². The van der Waals surface area contributed by atoms with E-state index in [9.17, 15) is 9.59 Å². The molecular weight excluding hydrogens is 348 g/mol. The average Bonchev–Trinajstić information content (AvgIpc) is 2.60. The Kier molecular flexibility index (Phi) is 4.96. The fourth-order valence-corrected chi connectivity index (χ4v) is 3.48. The number of amides is 2. The molecule has 0 radical (unpaired) electrons. The third-order valence-corrected chi connectivity index (χ3v) is 5.26. The fourth-order valence-electron chi connectivity index (χ4n) is 2.69. The van der Waals surface area contributed by atoms with Gasteiger partial charge in [0.1, 0.15) is 5.75 Å². The minimum absolute atomic E-state index is 0.0426. The molecule has 2 aromatic carbocycles. The molecule has 2 N–H and O–H groups in total. The van der Waals surface area contributed by atoms with Crippen molar-refractivity contribution in [2.45, 2.75) is 31.1 Å². The number of hydrogen-bond donors (Lipinski definition) is 2. The maximum Gasteiger partial charge on any atom is 0.255 e. The first-order valence-corrected chi connectivity index (χ1v) is 9.33. The molecule has 0 aromatic heterocycles. The van der Waals surface area contributed by atoms with Crippen molar-refractivity contribution in [2.75, 3.05) is 23.5 Å². The van der Waals surface area contributed by atoms with Crippen LogP contribution in [-0.4, -0.2) is 24.7 Å². The van der Waals surface area contributed by atoms with Crippen LogP contribution in [0.25, 0.3) is 0 Å². The first-order valence-electron chi connectivity index (χ1n) is 8.34. The minimum Gasteiger partial charge on any atom is -0.495 e. The summed E-state index contributed by atoms with van der Waals surface area (Å²) in [7, 11) is 1.58. The van der Waals surface area contributed by atoms with Gasteiger partial charge in [-0.2, -0.15) is 0 Å². The van der Waals surface area contributed by atoms with Gasteiger partial charge >= 0.3 is 0 Å². The lowest BCUT2D eigenvalue weighted by Crippen LogP contribution is -2.20. The van der Waals surface area contributed by atoms with Gasteiger partial charge in [-0.15, -0.1) is 11.8 Å². The molecule has 1 aliphatic rings. The van der Waals surface area contributed by atoms with E-state index in [-0.39, 0.29) is 17.2 Å². The van der Waals surface area contributed by atoms with Crippen LogP contribution in [0.4, 0.5) is 11.4 Å². The molecular formula is C20H22N2O3S. The van der Waals surface area contributed by atoms with E-state index in [1.807, 2.05) is 24.3 Å². The Labute approximate surface area is 157 Å². The van der Waals surface area contributed by atoms with Crippen molar-refractivity contribution in [1.82, 2.24) is 0 Å². The summed E-state index contributed by atoms with van der Waals surface area (Å²) in [4.78, 5) is 25.3. The molecule has 2 aromatic rings. The fraction of sp³-hybridized carbons (Fsp3) is 0.300. The molecule has 0 saturated carbocycles. The van der Waals surface area contributed by atoms with Crippen LogP contribution < -0.4 is 15.4 Å². The smallest absolute Gasteiger partial charge is 0.255 e. The first-order chi connectivity index (χ1) is 12.3. The largest absolute Gasteiger partial charge is 0.495 e. The van der Waals surface area contributed by atoms with Crippen LogP contribution >= 0.6 is 11.8 Å². The van der Waals surface area contributed by atoms with Gasteiger partial charge in [0.25, 0.3) is 5.91 Å². The van der Waals surface area contributed by atoms with Crippen molar-refractivity contribution in [3.8, 4) is 5.75 Å². The summed E-state index contributed by atoms with van der Waals surface area (Å²) in [6, 6.07) is 11.1. The van der Waals surface area contributed by atoms with Gasteiger partial charge in [-0.1, -0.05) is 26.8 Å². The lowest BCUT2D eigenvalue weighted by atomic mass is 9.87. The lowest BCUT2D eigenvalue weighted by molar-refractivity contribution is -0.113. The predicted molar refractivity (Wildman–Crippen MR) is 105 cm³/mol. The van der Waals surface area contributed by atoms with Crippen LogP contribution in [0.3, 0.4) is 0 Å². The number of methoxy groups -OCH3 is 1. The number of carbonyl (C=O) groups excluding carboxylic acids is 2. The molecule has 26 heavy (non-hydrogen) atoms. The maximum atomic E-state index is 12.7. The molecule has 0 atom stereocenters. The van der Waals surface area contributed by atoms with Crippen molar-refractivity contribution in [3.05, 3.63) is 47.5 Å². The summed E-state index contributed by atoms with van der Waals surface area (Å²) < 4.78 is 5.38. The number of hydrogen-bond acceptors (Lipinski definition) is 4. The standard InChI is InChI=1S/C20H22N2O3S/c1-20(2,3)13-6-7-16(25-4)14(10-13)22-19(24)12-5-8-17-15(9-12)21-18(23)11-26-17/h5-10H,11H2,1-4H3,(H,21,23)(H,22,24). The molecule has 5 nitrogen and oxygen atoms in total. The molecule has 6 heteroatoms. The zero-order valence-electron chi connectivity index (χ0n) is 15.3. The zero-order valence-corrected chi connectivity index (χ0v) is 16.1. The topological polar surface area (TPSA) is 67.4 Å². The second-order valence-corrected chi connectivity index (χ2v) is 8.18. The van der Waals surface area contributed by atoms with Crippen LogP contribution in [-0.2, 0) is 10.2 Å². The molecule has 3 rings (SSSR count). The highest BCUT2D eigenvalue weighted by molar-refractivity contribution is 8.00. The molecule has 0 spiro atoms. The first kappa shape index (κ1) is 18.3. The van der Waals surface area contributed by atoms with Crippen molar-refractivity contribution in [3.63, 3.8) is 0 Å². The van der Waals surface area contributed by atoms with Gasteiger partial charge in [0, 0.05) is 10.5 Å². The number of carbonyl (C=O) groups is 2. The second kappa shape index (κ2) is 7.03. The highest BCUT2D eigenvalue weighted by atomic mass is 32.2. The van der Waals surface area contributed by atoms with Crippen molar-refractivity contribution >= 4 is 35.0 Å². The predicted octanol–water partition coefficient (Wildman–Crippen LogP) is 4.29. The Balaban J connectivity index is 1.88. The number of anilines is 2. The summed E-state index contributed by atoms with van der Waals surface area (Å²) in [6.45, 7) is 6.35. The van der Waals surface area contributed by atoms with Crippen LogP contribution in [0.5, 0.6) is 5.75 Å². The second-order valence-electron chi connectivity index (χ2n) is 7.17. The van der Waals surface area contributed by atoms with E-state index in [0.717, 1.165) is 10.5 Å². The zero-order chi connectivity index (χ0) is 18.9. The monoisotopic (exact) mass is 370 g/mol.